The second-order valence-electron chi connectivity index (χ2n) is 7.07. The Kier molecular flexibility index (Phi) is 5.01. The summed E-state index contributed by atoms with van der Waals surface area (Å²) in [6.07, 6.45) is 2.45. The van der Waals surface area contributed by atoms with Crippen molar-refractivity contribution in [2.24, 2.45) is 0 Å². The predicted molar refractivity (Wildman–Crippen MR) is 111 cm³/mol. The Balaban J connectivity index is 1.55. The Hall–Kier alpha value is -2.92. The summed E-state index contributed by atoms with van der Waals surface area (Å²) in [5.74, 6) is 0.267. The van der Waals surface area contributed by atoms with Gasteiger partial charge in [-0.15, -0.1) is 0 Å². The van der Waals surface area contributed by atoms with Crippen LogP contribution in [0.25, 0.3) is 0 Å². The number of fused-ring (bicyclic) bond motifs is 1. The van der Waals surface area contributed by atoms with Crippen LogP contribution in [-0.4, -0.2) is 27.3 Å². The third kappa shape index (κ3) is 3.71. The number of nitrogens with one attached hydrogen (secondary N) is 1. The van der Waals surface area contributed by atoms with Gasteiger partial charge in [0.25, 0.3) is 5.91 Å². The second kappa shape index (κ2) is 7.60. The van der Waals surface area contributed by atoms with Gasteiger partial charge in [-0.2, -0.15) is 0 Å². The highest BCUT2D eigenvalue weighted by atomic mass is 35.5. The van der Waals surface area contributed by atoms with E-state index in [1.807, 2.05) is 43.0 Å². The Labute approximate surface area is 169 Å². The van der Waals surface area contributed by atoms with E-state index in [0.29, 0.717) is 29.8 Å². The summed E-state index contributed by atoms with van der Waals surface area (Å²) in [5.41, 5.74) is 5.71. The van der Waals surface area contributed by atoms with Gasteiger partial charge in [-0.25, -0.2) is 9.97 Å². The maximum atomic E-state index is 13.0. The fourth-order valence-corrected chi connectivity index (χ4v) is 3.92. The fourth-order valence-electron chi connectivity index (χ4n) is 3.55. The molecule has 3 aromatic rings. The third-order valence-electron chi connectivity index (χ3n) is 4.96. The lowest BCUT2D eigenvalue weighted by atomic mass is 10.00. The highest BCUT2D eigenvalue weighted by Gasteiger charge is 2.23. The van der Waals surface area contributed by atoms with Crippen LogP contribution in [0.15, 0.2) is 48.7 Å². The molecule has 5 nitrogen and oxygen atoms in total. The second-order valence-corrected chi connectivity index (χ2v) is 7.48. The molecule has 0 bridgehead atoms. The number of aryl methyl sites for hydroxylation is 2. The monoisotopic (exact) mass is 392 g/mol. The fraction of sp³-hybridized carbons (Fsp3) is 0.227. The smallest absolute Gasteiger partial charge is 0.272 e. The Morgan fingerprint density at radius 2 is 1.93 bits per heavy atom. The quantitative estimate of drug-likeness (QED) is 0.702. The number of nitrogens with zero attached hydrogens (tertiary/aromatic N) is 3. The molecule has 0 saturated carbocycles. The first kappa shape index (κ1) is 18.4. The molecule has 142 valence electrons. The number of rotatable bonds is 3. The van der Waals surface area contributed by atoms with E-state index < -0.39 is 0 Å². The van der Waals surface area contributed by atoms with E-state index in [-0.39, 0.29) is 5.91 Å². The molecular weight excluding hydrogens is 372 g/mol. The van der Waals surface area contributed by atoms with E-state index in [1.54, 1.807) is 12.3 Å². The van der Waals surface area contributed by atoms with E-state index in [9.17, 15) is 4.79 Å². The lowest BCUT2D eigenvalue weighted by Gasteiger charge is -2.28. The van der Waals surface area contributed by atoms with Crippen LogP contribution in [0.4, 0.5) is 11.6 Å². The van der Waals surface area contributed by atoms with Crippen molar-refractivity contribution < 1.29 is 4.79 Å². The first-order valence-corrected chi connectivity index (χ1v) is 9.62. The highest BCUT2D eigenvalue weighted by Crippen LogP contribution is 2.29. The van der Waals surface area contributed by atoms with E-state index in [4.69, 9.17) is 11.6 Å². The minimum Gasteiger partial charge on any atom is -0.333 e. The number of halogens is 1. The Morgan fingerprint density at radius 1 is 1.14 bits per heavy atom. The van der Waals surface area contributed by atoms with Crippen molar-refractivity contribution in [1.82, 2.24) is 14.9 Å². The van der Waals surface area contributed by atoms with Gasteiger partial charge in [0, 0.05) is 19.3 Å². The standard InChI is InChI=1S/C22H21ClN4O/c1-14-11-15(2)20(18(23)12-14)26-22-24-9-7-19(25-22)21(28)27-10-8-16-5-3-4-6-17(16)13-27/h3-7,9,11-12H,8,10,13H2,1-2H3,(H,24,25,26). The first-order chi connectivity index (χ1) is 13.5. The normalized spacial score (nSPS) is 13.2. The molecule has 2 aromatic carbocycles. The van der Waals surface area contributed by atoms with Crippen LogP contribution < -0.4 is 5.32 Å². The van der Waals surface area contributed by atoms with Gasteiger partial charge in [-0.05, 0) is 54.7 Å². The molecule has 2 heterocycles. The third-order valence-corrected chi connectivity index (χ3v) is 5.26. The summed E-state index contributed by atoms with van der Waals surface area (Å²) >= 11 is 6.36. The summed E-state index contributed by atoms with van der Waals surface area (Å²) in [6.45, 7) is 5.26. The van der Waals surface area contributed by atoms with E-state index in [0.717, 1.165) is 23.2 Å². The summed E-state index contributed by atoms with van der Waals surface area (Å²) in [4.78, 5) is 23.5. The number of amides is 1. The maximum Gasteiger partial charge on any atom is 0.272 e. The molecule has 0 fully saturated rings. The molecule has 0 spiro atoms. The number of hydrogen-bond acceptors (Lipinski definition) is 4. The largest absolute Gasteiger partial charge is 0.333 e. The van der Waals surface area contributed by atoms with Gasteiger partial charge >= 0.3 is 0 Å². The zero-order valence-electron chi connectivity index (χ0n) is 15.9. The molecule has 0 aliphatic carbocycles. The van der Waals surface area contributed by atoms with Crippen LogP contribution >= 0.6 is 11.6 Å². The van der Waals surface area contributed by atoms with E-state index in [2.05, 4.69) is 27.4 Å². The Bertz CT molecular complexity index is 1030. The maximum absolute atomic E-state index is 13.0. The van der Waals surface area contributed by atoms with Crippen molar-refractivity contribution in [3.8, 4) is 0 Å². The minimum atomic E-state index is -0.0910. The number of hydrogen-bond donors (Lipinski definition) is 1. The van der Waals surface area contributed by atoms with Crippen LogP contribution in [0, 0.1) is 13.8 Å². The highest BCUT2D eigenvalue weighted by molar-refractivity contribution is 6.33. The van der Waals surface area contributed by atoms with Crippen LogP contribution in [-0.2, 0) is 13.0 Å². The van der Waals surface area contributed by atoms with Crippen LogP contribution in [0.3, 0.4) is 0 Å². The van der Waals surface area contributed by atoms with Crippen LogP contribution in [0.5, 0.6) is 0 Å². The van der Waals surface area contributed by atoms with Crippen LogP contribution in [0.2, 0.25) is 5.02 Å². The van der Waals surface area contributed by atoms with Crippen LogP contribution in [0.1, 0.15) is 32.7 Å². The molecule has 0 radical (unpaired) electrons. The molecule has 28 heavy (non-hydrogen) atoms. The summed E-state index contributed by atoms with van der Waals surface area (Å²) in [5, 5.41) is 3.76. The van der Waals surface area contributed by atoms with Gasteiger partial charge in [0.05, 0.1) is 10.7 Å². The molecule has 0 atom stereocenters. The van der Waals surface area contributed by atoms with Gasteiger partial charge < -0.3 is 10.2 Å². The molecule has 1 aliphatic heterocycles. The van der Waals surface area contributed by atoms with Gasteiger partial charge in [0.15, 0.2) is 0 Å². The zero-order valence-corrected chi connectivity index (χ0v) is 16.6. The number of aromatic nitrogens is 2. The number of anilines is 2. The molecule has 4 rings (SSSR count). The summed E-state index contributed by atoms with van der Waals surface area (Å²) in [7, 11) is 0. The zero-order chi connectivity index (χ0) is 19.7. The molecule has 1 aromatic heterocycles. The molecule has 1 aliphatic rings. The van der Waals surface area contributed by atoms with E-state index in [1.165, 1.54) is 11.1 Å². The topological polar surface area (TPSA) is 58.1 Å². The van der Waals surface area contributed by atoms with Crippen molar-refractivity contribution >= 4 is 29.1 Å². The average Bonchev–Trinajstić information content (AvgIpc) is 2.70. The Morgan fingerprint density at radius 3 is 2.71 bits per heavy atom. The SMILES string of the molecule is Cc1cc(C)c(Nc2nccc(C(=O)N3CCc4ccccc4C3)n2)c(Cl)c1. The molecule has 6 heteroatoms. The molecule has 0 unspecified atom stereocenters. The number of benzene rings is 2. The summed E-state index contributed by atoms with van der Waals surface area (Å²) < 4.78 is 0. The van der Waals surface area contributed by atoms with Crippen molar-refractivity contribution in [2.75, 3.05) is 11.9 Å². The minimum absolute atomic E-state index is 0.0910. The van der Waals surface area contributed by atoms with Gasteiger partial charge in [0.1, 0.15) is 5.69 Å². The first-order valence-electron chi connectivity index (χ1n) is 9.24. The molecular formula is C22H21ClN4O. The summed E-state index contributed by atoms with van der Waals surface area (Å²) in [6, 6.07) is 13.8. The number of carbonyl (C=O) groups excluding carboxylic acids is 1. The average molecular weight is 393 g/mol. The van der Waals surface area contributed by atoms with Crippen molar-refractivity contribution in [3.63, 3.8) is 0 Å². The van der Waals surface area contributed by atoms with E-state index >= 15 is 0 Å². The molecule has 0 saturated heterocycles. The predicted octanol–water partition coefficient (Wildman–Crippen LogP) is 4.69. The molecule has 1 N–H and O–H groups in total. The van der Waals surface area contributed by atoms with Gasteiger partial charge in [0.2, 0.25) is 5.95 Å². The van der Waals surface area contributed by atoms with Crippen molar-refractivity contribution in [1.29, 1.82) is 0 Å². The van der Waals surface area contributed by atoms with Crippen molar-refractivity contribution in [2.45, 2.75) is 26.8 Å². The molecule has 1 amide bonds. The van der Waals surface area contributed by atoms with Crippen molar-refractivity contribution in [3.05, 3.63) is 81.6 Å². The van der Waals surface area contributed by atoms with Gasteiger partial charge in [-0.3, -0.25) is 4.79 Å². The lowest BCUT2D eigenvalue weighted by Crippen LogP contribution is -2.36. The lowest BCUT2D eigenvalue weighted by molar-refractivity contribution is 0.0728. The van der Waals surface area contributed by atoms with Gasteiger partial charge in [-0.1, -0.05) is 41.9 Å². The number of carbonyl (C=O) groups is 1.